The lowest BCUT2D eigenvalue weighted by Crippen LogP contribution is -2.33. The molecule has 1 rings (SSSR count). The average molecular weight is 506 g/mol. The van der Waals surface area contributed by atoms with Crippen LogP contribution in [-0.4, -0.2) is 33.7 Å². The topological polar surface area (TPSA) is 125 Å². The van der Waals surface area contributed by atoms with E-state index in [2.05, 4.69) is 20.9 Å². The number of allylic oxidation sites excluding steroid dienone is 2. The molecular weight excluding hydrogens is 479 g/mol. The minimum absolute atomic E-state index is 0.0475. The smallest absolute Gasteiger partial charge is 0.384 e. The van der Waals surface area contributed by atoms with Gasteiger partial charge in [0, 0.05) is 12.7 Å². The van der Waals surface area contributed by atoms with Crippen LogP contribution in [0.25, 0.3) is 0 Å². The molecule has 1 N–H and O–H groups in total. The average Bonchev–Trinajstić information content (AvgIpc) is 2.60. The van der Waals surface area contributed by atoms with Gasteiger partial charge in [0.25, 0.3) is 5.56 Å². The molecule has 11 heteroatoms. The van der Waals surface area contributed by atoms with Gasteiger partial charge in [-0.25, -0.2) is 4.79 Å². The molecule has 1 atom stereocenters. The molecule has 0 saturated carbocycles. The number of nitrogens with zero attached hydrogens (tertiary/aromatic N) is 1. The Morgan fingerprint density at radius 2 is 1.60 bits per heavy atom. The third-order valence-electron chi connectivity index (χ3n) is 3.60. The highest BCUT2D eigenvalue weighted by Gasteiger charge is 2.41. The van der Waals surface area contributed by atoms with Gasteiger partial charge < -0.3 is 9.47 Å². The number of carbonyl (C=O) groups excluding carboxylic acids is 2. The van der Waals surface area contributed by atoms with Crippen LogP contribution in [0.2, 0.25) is 0 Å². The molecule has 1 aromatic heterocycles. The summed E-state index contributed by atoms with van der Waals surface area (Å²) in [6.07, 6.45) is 4.37. The maximum Gasteiger partial charge on any atom is 0.451 e. The van der Waals surface area contributed by atoms with Crippen molar-refractivity contribution in [1.29, 1.82) is 0 Å². The first-order valence-electron chi connectivity index (χ1n) is 9.13. The van der Waals surface area contributed by atoms with E-state index in [0.717, 1.165) is 0 Å². The number of aromatic nitrogens is 2. The normalized spacial score (nSPS) is 12.9. The molecule has 0 aliphatic rings. The van der Waals surface area contributed by atoms with Crippen molar-refractivity contribution in [1.82, 2.24) is 9.55 Å². The highest BCUT2D eigenvalue weighted by Crippen LogP contribution is 2.34. The number of hydrogen-bond donors (Lipinski definition) is 1. The van der Waals surface area contributed by atoms with Crippen molar-refractivity contribution >= 4 is 35.7 Å². The summed E-state index contributed by atoms with van der Waals surface area (Å²) in [7, 11) is -2.28. The van der Waals surface area contributed by atoms with E-state index in [9.17, 15) is 23.7 Å². The van der Waals surface area contributed by atoms with Gasteiger partial charge >= 0.3 is 31.5 Å². The number of H-pyrrole nitrogens is 1. The molecule has 30 heavy (non-hydrogen) atoms. The summed E-state index contributed by atoms with van der Waals surface area (Å²) >= 11 is 3.04. The molecule has 0 spiro atoms. The number of nitrogens with one attached hydrogen (secondary N) is 1. The van der Waals surface area contributed by atoms with Gasteiger partial charge in [0.15, 0.2) is 6.16 Å². The van der Waals surface area contributed by atoms with E-state index in [-0.39, 0.29) is 17.2 Å². The number of carbonyl (C=O) groups is 2. The van der Waals surface area contributed by atoms with Gasteiger partial charge in [-0.2, -0.15) is 0 Å². The molecule has 166 valence electrons. The van der Waals surface area contributed by atoms with Crippen LogP contribution >= 0.6 is 23.7 Å². The predicted octanol–water partition coefficient (Wildman–Crippen LogP) is 3.14. The van der Waals surface area contributed by atoms with Crippen molar-refractivity contribution in [3.8, 4) is 0 Å². The number of ether oxygens (including phenoxy) is 2. The Kier molecular flexibility index (Phi) is 8.92. The first-order chi connectivity index (χ1) is 13.6. The lowest BCUT2D eigenvalue weighted by molar-refractivity contribution is -0.184. The van der Waals surface area contributed by atoms with E-state index in [1.54, 1.807) is 47.6 Å². The first-order valence-corrected chi connectivity index (χ1v) is 11.4. The summed E-state index contributed by atoms with van der Waals surface area (Å²) in [6, 6.07) is -1.52. The van der Waals surface area contributed by atoms with Crippen molar-refractivity contribution in [2.24, 2.45) is 10.8 Å². The van der Waals surface area contributed by atoms with Crippen LogP contribution in [0.1, 0.15) is 41.5 Å². The van der Waals surface area contributed by atoms with Crippen LogP contribution in [0.15, 0.2) is 32.4 Å². The zero-order chi connectivity index (χ0) is 23.3. The Balaban J connectivity index is 2.88. The van der Waals surface area contributed by atoms with Crippen molar-refractivity contribution < 1.29 is 23.6 Å². The van der Waals surface area contributed by atoms with Crippen LogP contribution in [0, 0.1) is 10.8 Å². The van der Waals surface area contributed by atoms with E-state index < -0.39 is 47.8 Å². The standard InChI is InChI=1S/C19H26BrN2O7P/c1-18(2,3)14(24)28-17(29-15(25)19(4,5)6)30(27)10-8-7-9-22-11-12(20)13(23)21-16(22)26/h7-8,11,17H,9-10H2,1-6H3/p+1/b8-7-. The Labute approximate surface area is 183 Å². The summed E-state index contributed by atoms with van der Waals surface area (Å²) in [5, 5.41) is 0. The molecule has 0 aliphatic heterocycles. The van der Waals surface area contributed by atoms with Gasteiger partial charge in [0.1, 0.15) is 0 Å². The molecule has 0 aromatic carbocycles. The van der Waals surface area contributed by atoms with Crippen LogP contribution in [0.5, 0.6) is 0 Å². The minimum atomic E-state index is -2.28. The number of rotatable bonds is 7. The molecule has 1 unspecified atom stereocenters. The van der Waals surface area contributed by atoms with Crippen molar-refractivity contribution in [3.05, 3.63) is 43.7 Å². The summed E-state index contributed by atoms with van der Waals surface area (Å²) in [5.41, 5.74) is -2.85. The molecule has 0 bridgehead atoms. The van der Waals surface area contributed by atoms with E-state index in [1.165, 1.54) is 16.8 Å². The zero-order valence-corrected chi connectivity index (χ0v) is 20.3. The monoisotopic (exact) mass is 505 g/mol. The highest BCUT2D eigenvalue weighted by atomic mass is 79.9. The second kappa shape index (κ2) is 10.3. The number of halogens is 1. The van der Waals surface area contributed by atoms with Gasteiger partial charge in [-0.05, 0) is 63.5 Å². The Morgan fingerprint density at radius 3 is 2.07 bits per heavy atom. The van der Waals surface area contributed by atoms with Crippen LogP contribution in [0.4, 0.5) is 0 Å². The van der Waals surface area contributed by atoms with Gasteiger partial charge in [0.2, 0.25) is 0 Å². The molecule has 9 nitrogen and oxygen atoms in total. The van der Waals surface area contributed by atoms with E-state index in [4.69, 9.17) is 9.47 Å². The van der Waals surface area contributed by atoms with E-state index in [1.807, 2.05) is 0 Å². The fraction of sp³-hybridized carbons (Fsp3) is 0.579. The molecule has 0 fully saturated rings. The number of aromatic amines is 1. The lowest BCUT2D eigenvalue weighted by atomic mass is 9.97. The molecule has 0 saturated heterocycles. The zero-order valence-electron chi connectivity index (χ0n) is 17.9. The van der Waals surface area contributed by atoms with Gasteiger partial charge in [-0.15, -0.1) is 0 Å². The Bertz CT molecular complexity index is 923. The largest absolute Gasteiger partial charge is 0.451 e. The summed E-state index contributed by atoms with van der Waals surface area (Å²) in [5.74, 6) is -1.29. The maximum atomic E-state index is 12.7. The molecule has 0 aliphatic carbocycles. The van der Waals surface area contributed by atoms with Crippen molar-refractivity contribution in [3.63, 3.8) is 0 Å². The SMILES string of the molecule is CC(C)(C)C(=O)OC(OC(=O)C(C)(C)C)[P+](=O)C/C=C\Cn1cc(Br)c(=O)[nH]c1=O. The third kappa shape index (κ3) is 7.99. The summed E-state index contributed by atoms with van der Waals surface area (Å²) in [4.78, 5) is 49.6. The fourth-order valence-corrected chi connectivity index (χ4v) is 3.05. The van der Waals surface area contributed by atoms with Crippen LogP contribution in [-0.2, 0) is 30.2 Å². The van der Waals surface area contributed by atoms with Gasteiger partial charge in [-0.3, -0.25) is 23.9 Å². The van der Waals surface area contributed by atoms with Crippen molar-refractivity contribution in [2.75, 3.05) is 6.16 Å². The Hall–Kier alpha value is -2.06. The molecular formula is C19H27BrN2O7P+. The maximum absolute atomic E-state index is 12.7. The first kappa shape index (κ1) is 26.0. The summed E-state index contributed by atoms with van der Waals surface area (Å²) in [6.45, 7) is 9.90. The fourth-order valence-electron chi connectivity index (χ4n) is 1.75. The number of hydrogen-bond acceptors (Lipinski definition) is 7. The molecule has 0 radical (unpaired) electrons. The highest BCUT2D eigenvalue weighted by molar-refractivity contribution is 9.10. The minimum Gasteiger partial charge on any atom is -0.384 e. The molecule has 1 heterocycles. The van der Waals surface area contributed by atoms with Crippen LogP contribution in [0.3, 0.4) is 0 Å². The van der Waals surface area contributed by atoms with E-state index >= 15 is 0 Å². The van der Waals surface area contributed by atoms with E-state index in [0.29, 0.717) is 0 Å². The number of esters is 2. The predicted molar refractivity (Wildman–Crippen MR) is 116 cm³/mol. The van der Waals surface area contributed by atoms with Gasteiger partial charge in [0.05, 0.1) is 15.3 Å². The molecule has 0 amide bonds. The molecule has 1 aromatic rings. The second-order valence-corrected chi connectivity index (χ2v) is 11.1. The lowest BCUT2D eigenvalue weighted by Gasteiger charge is -2.21. The third-order valence-corrected chi connectivity index (χ3v) is 5.41. The second-order valence-electron chi connectivity index (χ2n) is 8.58. The van der Waals surface area contributed by atoms with Crippen molar-refractivity contribution in [2.45, 2.75) is 54.1 Å². The van der Waals surface area contributed by atoms with Crippen LogP contribution < -0.4 is 11.2 Å². The Morgan fingerprint density at radius 1 is 1.10 bits per heavy atom. The quantitative estimate of drug-likeness (QED) is 0.261. The summed E-state index contributed by atoms with van der Waals surface area (Å²) < 4.78 is 24.5. The van der Waals surface area contributed by atoms with Gasteiger partial charge in [-0.1, -0.05) is 10.6 Å².